The topological polar surface area (TPSA) is 76.1 Å². The van der Waals surface area contributed by atoms with Gasteiger partial charge in [0.05, 0.1) is 6.61 Å². The summed E-state index contributed by atoms with van der Waals surface area (Å²) in [7, 11) is 0. The number of carbonyl (C=O) groups excluding carboxylic acids is 1. The lowest BCUT2D eigenvalue weighted by Gasteiger charge is -1.99. The molecule has 0 aromatic carbocycles. The molecule has 96 valence electrons. The van der Waals surface area contributed by atoms with Crippen LogP contribution in [0.4, 0.5) is 0 Å². The SMILES string of the molecule is C=C(C)C(=O)OCC1CO1.C=C(CC)C(=O)O. The van der Waals surface area contributed by atoms with Crippen molar-refractivity contribution in [3.8, 4) is 0 Å². The molecule has 17 heavy (non-hydrogen) atoms. The fourth-order valence-electron chi connectivity index (χ4n) is 0.607. The van der Waals surface area contributed by atoms with E-state index < -0.39 is 5.97 Å². The van der Waals surface area contributed by atoms with E-state index in [2.05, 4.69) is 13.2 Å². The number of hydrogen-bond acceptors (Lipinski definition) is 4. The van der Waals surface area contributed by atoms with E-state index in [4.69, 9.17) is 14.6 Å². The van der Waals surface area contributed by atoms with Gasteiger partial charge < -0.3 is 14.6 Å². The average molecular weight is 242 g/mol. The molecule has 1 heterocycles. The van der Waals surface area contributed by atoms with E-state index in [1.165, 1.54) is 0 Å². The van der Waals surface area contributed by atoms with Crippen LogP contribution in [0.1, 0.15) is 20.3 Å². The number of rotatable bonds is 5. The smallest absolute Gasteiger partial charge is 0.333 e. The average Bonchev–Trinajstić information content (AvgIpc) is 3.09. The molecule has 0 aliphatic carbocycles. The van der Waals surface area contributed by atoms with E-state index in [1.807, 2.05) is 0 Å². The Morgan fingerprint density at radius 1 is 1.47 bits per heavy atom. The number of aliphatic carboxylic acids is 1. The highest BCUT2D eigenvalue weighted by Gasteiger charge is 2.24. The van der Waals surface area contributed by atoms with Gasteiger partial charge in [0.15, 0.2) is 0 Å². The lowest BCUT2D eigenvalue weighted by Crippen LogP contribution is -2.09. The summed E-state index contributed by atoms with van der Waals surface area (Å²) in [5.74, 6) is -1.24. The van der Waals surface area contributed by atoms with Gasteiger partial charge in [0.1, 0.15) is 12.7 Å². The van der Waals surface area contributed by atoms with Gasteiger partial charge in [-0.15, -0.1) is 0 Å². The summed E-state index contributed by atoms with van der Waals surface area (Å²) < 4.78 is 9.60. The summed E-state index contributed by atoms with van der Waals surface area (Å²) in [6.07, 6.45) is 0.665. The van der Waals surface area contributed by atoms with E-state index in [0.29, 0.717) is 25.2 Å². The summed E-state index contributed by atoms with van der Waals surface area (Å²) in [6, 6.07) is 0. The molecular formula is C12H18O5. The van der Waals surface area contributed by atoms with E-state index in [9.17, 15) is 9.59 Å². The minimum atomic E-state index is -0.900. The maximum atomic E-state index is 10.7. The number of epoxide rings is 1. The van der Waals surface area contributed by atoms with Crippen LogP contribution < -0.4 is 0 Å². The molecule has 0 spiro atoms. The molecule has 0 radical (unpaired) electrons. The zero-order valence-electron chi connectivity index (χ0n) is 10.2. The second kappa shape index (κ2) is 7.62. The van der Waals surface area contributed by atoms with Crippen molar-refractivity contribution in [3.05, 3.63) is 24.3 Å². The Morgan fingerprint density at radius 3 is 2.24 bits per heavy atom. The van der Waals surface area contributed by atoms with E-state index in [1.54, 1.807) is 13.8 Å². The minimum absolute atomic E-state index is 0.142. The molecule has 1 fully saturated rings. The molecule has 1 atom stereocenters. The van der Waals surface area contributed by atoms with E-state index in [0.717, 1.165) is 0 Å². The van der Waals surface area contributed by atoms with Gasteiger partial charge in [0.2, 0.25) is 0 Å². The molecule has 1 saturated heterocycles. The van der Waals surface area contributed by atoms with Crippen LogP contribution in [-0.2, 0) is 19.1 Å². The standard InChI is InChI=1S/C7H10O3.C5H8O2/c1-5(2)7(8)10-4-6-3-9-6;1-3-4(2)5(6)7/h6H,1,3-4H2,2H3;2-3H2,1H3,(H,6,7). The van der Waals surface area contributed by atoms with Gasteiger partial charge in [0.25, 0.3) is 0 Å². The van der Waals surface area contributed by atoms with Crippen LogP contribution in [-0.4, -0.2) is 36.4 Å². The predicted octanol–water partition coefficient (Wildman–Crippen LogP) is 1.54. The molecule has 1 unspecified atom stereocenters. The number of carboxylic acid groups (broad SMARTS) is 1. The summed E-state index contributed by atoms with van der Waals surface area (Å²) in [5, 5.41) is 8.08. The third-order valence-corrected chi connectivity index (χ3v) is 1.88. The first kappa shape index (κ1) is 15.4. The number of hydrogen-bond donors (Lipinski definition) is 1. The zero-order valence-corrected chi connectivity index (χ0v) is 10.2. The number of carboxylic acids is 1. The number of carbonyl (C=O) groups is 2. The molecule has 0 bridgehead atoms. The second-order valence-electron chi connectivity index (χ2n) is 3.60. The fourth-order valence-corrected chi connectivity index (χ4v) is 0.607. The van der Waals surface area contributed by atoms with Crippen molar-refractivity contribution in [2.75, 3.05) is 13.2 Å². The van der Waals surface area contributed by atoms with Crippen LogP contribution in [0.25, 0.3) is 0 Å². The Morgan fingerprint density at radius 2 is 2.00 bits per heavy atom. The van der Waals surface area contributed by atoms with Crippen LogP contribution in [0, 0.1) is 0 Å². The van der Waals surface area contributed by atoms with Gasteiger partial charge in [-0.25, -0.2) is 9.59 Å². The Hall–Kier alpha value is -1.62. The predicted molar refractivity (Wildman–Crippen MR) is 62.6 cm³/mol. The molecule has 0 amide bonds. The largest absolute Gasteiger partial charge is 0.478 e. The van der Waals surface area contributed by atoms with Crippen LogP contribution in [0.15, 0.2) is 24.3 Å². The van der Waals surface area contributed by atoms with Gasteiger partial charge in [0, 0.05) is 11.1 Å². The van der Waals surface area contributed by atoms with Crippen molar-refractivity contribution in [3.63, 3.8) is 0 Å². The quantitative estimate of drug-likeness (QED) is 0.449. The lowest BCUT2D eigenvalue weighted by molar-refractivity contribution is -0.139. The first-order chi connectivity index (χ1) is 7.88. The van der Waals surface area contributed by atoms with Crippen LogP contribution in [0.3, 0.4) is 0 Å². The van der Waals surface area contributed by atoms with Crippen LogP contribution in [0.2, 0.25) is 0 Å². The summed E-state index contributed by atoms with van der Waals surface area (Å²) >= 11 is 0. The Kier molecular flexibility index (Phi) is 6.89. The highest BCUT2D eigenvalue weighted by molar-refractivity contribution is 5.87. The van der Waals surface area contributed by atoms with Crippen molar-refractivity contribution in [1.29, 1.82) is 0 Å². The Balaban J connectivity index is 0.000000325. The minimum Gasteiger partial charge on any atom is -0.478 e. The molecule has 5 nitrogen and oxygen atoms in total. The van der Waals surface area contributed by atoms with Crippen molar-refractivity contribution >= 4 is 11.9 Å². The van der Waals surface area contributed by atoms with Gasteiger partial charge in [-0.3, -0.25) is 0 Å². The molecule has 1 aliphatic rings. The van der Waals surface area contributed by atoms with Crippen LogP contribution >= 0.6 is 0 Å². The number of ether oxygens (including phenoxy) is 2. The van der Waals surface area contributed by atoms with Crippen LogP contribution in [0.5, 0.6) is 0 Å². The molecule has 1 rings (SSSR count). The zero-order chi connectivity index (χ0) is 13.4. The molecule has 0 saturated carbocycles. The summed E-state index contributed by atoms with van der Waals surface area (Å²) in [5.41, 5.74) is 0.695. The molecule has 5 heteroatoms. The maximum Gasteiger partial charge on any atom is 0.333 e. The van der Waals surface area contributed by atoms with Gasteiger partial charge >= 0.3 is 11.9 Å². The first-order valence-corrected chi connectivity index (χ1v) is 5.23. The van der Waals surface area contributed by atoms with Crippen molar-refractivity contribution in [2.24, 2.45) is 0 Å². The fraction of sp³-hybridized carbons (Fsp3) is 0.500. The van der Waals surface area contributed by atoms with Gasteiger partial charge in [-0.1, -0.05) is 20.1 Å². The third kappa shape index (κ3) is 8.21. The first-order valence-electron chi connectivity index (χ1n) is 5.23. The lowest BCUT2D eigenvalue weighted by atomic mass is 10.2. The summed E-state index contributed by atoms with van der Waals surface area (Å²) in [4.78, 5) is 20.5. The third-order valence-electron chi connectivity index (χ3n) is 1.88. The maximum absolute atomic E-state index is 10.7. The monoisotopic (exact) mass is 242 g/mol. The van der Waals surface area contributed by atoms with Crippen molar-refractivity contribution < 1.29 is 24.2 Å². The Bertz CT molecular complexity index is 315. The van der Waals surface area contributed by atoms with E-state index >= 15 is 0 Å². The van der Waals surface area contributed by atoms with Crippen molar-refractivity contribution in [1.82, 2.24) is 0 Å². The molecular weight excluding hydrogens is 224 g/mol. The van der Waals surface area contributed by atoms with Crippen molar-refractivity contribution in [2.45, 2.75) is 26.4 Å². The van der Waals surface area contributed by atoms with E-state index in [-0.39, 0.29) is 17.6 Å². The Labute approximate surface area is 101 Å². The summed E-state index contributed by atoms with van der Waals surface area (Å²) in [6.45, 7) is 11.2. The second-order valence-corrected chi connectivity index (χ2v) is 3.60. The normalized spacial score (nSPS) is 16.2. The molecule has 1 aliphatic heterocycles. The molecule has 1 N–H and O–H groups in total. The highest BCUT2D eigenvalue weighted by atomic mass is 16.6. The van der Waals surface area contributed by atoms with Gasteiger partial charge in [-0.05, 0) is 13.3 Å². The molecule has 0 aromatic heterocycles. The highest BCUT2D eigenvalue weighted by Crippen LogP contribution is 2.09. The molecule has 0 aromatic rings. The number of esters is 1. The van der Waals surface area contributed by atoms with Gasteiger partial charge in [-0.2, -0.15) is 0 Å².